The molecule has 0 saturated carbocycles. The molecule has 3 aromatic heterocycles. The summed E-state index contributed by atoms with van der Waals surface area (Å²) in [7, 11) is -1.41. The Hall–Kier alpha value is -5.14. The van der Waals surface area contributed by atoms with E-state index in [-0.39, 0.29) is 60.0 Å². The van der Waals surface area contributed by atoms with Gasteiger partial charge in [0.2, 0.25) is 0 Å². The van der Waals surface area contributed by atoms with Crippen molar-refractivity contribution < 1.29 is 47.3 Å². The fourth-order valence-electron chi connectivity index (χ4n) is 6.77. The molecule has 1 radical (unpaired) electrons. The van der Waals surface area contributed by atoms with Crippen LogP contribution in [0.25, 0.3) is 66.7 Å². The van der Waals surface area contributed by atoms with E-state index in [0.29, 0.717) is 28.0 Å². The molecule has 5 aromatic carbocycles. The van der Waals surface area contributed by atoms with Gasteiger partial charge in [-0.15, -0.1) is 53.6 Å². The number of furan rings is 1. The third kappa shape index (κ3) is 9.99. The van der Waals surface area contributed by atoms with Gasteiger partial charge >= 0.3 is 6.18 Å². The second-order valence-electron chi connectivity index (χ2n) is 17.4. The zero-order valence-electron chi connectivity index (χ0n) is 42.3. The summed E-state index contributed by atoms with van der Waals surface area (Å²) in [6, 6.07) is 38.4. The Morgan fingerprint density at radius 3 is 2.05 bits per heavy atom. The Morgan fingerprint density at radius 2 is 1.44 bits per heavy atom. The van der Waals surface area contributed by atoms with Crippen LogP contribution in [0.3, 0.4) is 0 Å². The van der Waals surface area contributed by atoms with E-state index in [4.69, 9.17) is 14.0 Å². The standard InChI is InChI=1S/C35H30NO.C18H21F3NSi.Ir/c1-23-22-36-32(20-31(23)26-18-16-24(17-19-26)21-35(2,3)4)30-15-9-14-29-28-13-8-12-27(33(28)37-34(29)30)25-10-6-5-7-11-25;1-17(2,18(19,20)21)14-8-6-13(7-9-14)16-11-10-15(12-22-16)23(3,4)5;/h5-14,16-20,22H,21H2,1-4H3;6,8-12H,1-5H3;/q2*-1;/i1D3,18D,19D,21D2;;. The minimum atomic E-state index is -4.29. The number of hydrogen-bond acceptors (Lipinski definition) is 3. The second kappa shape index (κ2) is 17.7. The number of rotatable bonds is 7. The van der Waals surface area contributed by atoms with Gasteiger partial charge in [0.1, 0.15) is 5.58 Å². The first-order valence-electron chi connectivity index (χ1n) is 23.2. The van der Waals surface area contributed by atoms with Crippen molar-refractivity contribution in [1.29, 1.82) is 0 Å². The molecule has 0 fully saturated rings. The van der Waals surface area contributed by atoms with Gasteiger partial charge in [0.25, 0.3) is 0 Å². The molecule has 8 rings (SSSR count). The zero-order valence-corrected chi connectivity index (χ0v) is 38.7. The van der Waals surface area contributed by atoms with Gasteiger partial charge in [-0.1, -0.05) is 156 Å². The largest absolute Gasteiger partial charge is 0.500 e. The molecule has 3 heterocycles. The summed E-state index contributed by atoms with van der Waals surface area (Å²) >= 11 is 0. The summed E-state index contributed by atoms with van der Waals surface area (Å²) in [6.45, 7) is 11.8. The zero-order chi connectivity index (χ0) is 49.1. The molecule has 61 heavy (non-hydrogen) atoms. The molecule has 3 nitrogen and oxygen atoms in total. The molecule has 0 unspecified atom stereocenters. The molecule has 0 saturated heterocycles. The smallest absolute Gasteiger partial charge is 0.390 e. The SMILES string of the molecule is CC(C)(c1c[c-]c(-c2ccc([Si](C)(C)C)cn2)cc1)C(F)(F)F.[2H]c1cc(C([2H])([2H])C(C)(C)C)cc([2H])c1-c1cc(-c2[c-]ccc3c2oc2c(-c4ccccc4)cccc23)ncc1C([2H])([2H])[2H].[Ir]. The summed E-state index contributed by atoms with van der Waals surface area (Å²) in [4.78, 5) is 8.95. The van der Waals surface area contributed by atoms with Crippen LogP contribution in [0.15, 0.2) is 138 Å². The van der Waals surface area contributed by atoms with Crippen molar-refractivity contribution in [3.05, 3.63) is 162 Å². The number of pyridine rings is 2. The number of aromatic nitrogens is 2. The van der Waals surface area contributed by atoms with Crippen molar-refractivity contribution in [2.24, 2.45) is 5.41 Å². The van der Waals surface area contributed by atoms with Crippen LogP contribution in [0.1, 0.15) is 60.9 Å². The van der Waals surface area contributed by atoms with E-state index in [0.717, 1.165) is 27.6 Å². The van der Waals surface area contributed by atoms with E-state index in [9.17, 15) is 13.2 Å². The van der Waals surface area contributed by atoms with Crippen molar-refractivity contribution in [1.82, 2.24) is 9.97 Å². The molecule has 8 heteroatoms. The Balaban J connectivity index is 0.000000269. The van der Waals surface area contributed by atoms with Gasteiger partial charge in [0.05, 0.1) is 21.8 Å². The second-order valence-corrected chi connectivity index (χ2v) is 22.5. The van der Waals surface area contributed by atoms with E-state index in [2.05, 4.69) is 47.8 Å². The minimum absolute atomic E-state index is 0. The third-order valence-corrected chi connectivity index (χ3v) is 12.4. The number of hydrogen-bond donors (Lipinski definition) is 0. The Kier molecular flexibility index (Phi) is 10.6. The van der Waals surface area contributed by atoms with Crippen LogP contribution < -0.4 is 5.19 Å². The van der Waals surface area contributed by atoms with Gasteiger partial charge in [-0.05, 0) is 63.0 Å². The summed E-state index contributed by atoms with van der Waals surface area (Å²) < 4.78 is 105. The number of para-hydroxylation sites is 1. The first-order chi connectivity index (χ1) is 31.1. The number of aryl methyl sites for hydroxylation is 1. The van der Waals surface area contributed by atoms with Crippen LogP contribution in [0.2, 0.25) is 19.6 Å². The van der Waals surface area contributed by atoms with Crippen LogP contribution in [0.4, 0.5) is 13.2 Å². The number of fused-ring (bicyclic) bond motifs is 3. The van der Waals surface area contributed by atoms with Crippen LogP contribution in [0, 0.1) is 24.4 Å². The molecule has 0 N–H and O–H groups in total. The molecular formula is C53H51F3IrN2OSi-2. The molecule has 8 aromatic rings. The van der Waals surface area contributed by atoms with Crippen LogP contribution >= 0.6 is 0 Å². The predicted molar refractivity (Wildman–Crippen MR) is 245 cm³/mol. The quantitative estimate of drug-likeness (QED) is 0.118. The summed E-state index contributed by atoms with van der Waals surface area (Å²) in [5.74, 6) is 0. The maximum Gasteiger partial charge on any atom is 0.390 e. The first kappa shape index (κ1) is 36.5. The minimum Gasteiger partial charge on any atom is -0.500 e. The molecule has 0 amide bonds. The van der Waals surface area contributed by atoms with E-state index >= 15 is 0 Å². The summed E-state index contributed by atoms with van der Waals surface area (Å²) in [5.41, 5.74) is 3.40. The van der Waals surface area contributed by atoms with Crippen molar-refractivity contribution in [3.8, 4) is 44.8 Å². The fraction of sp³-hybridized carbons (Fsp3) is 0.245. The molecule has 0 bridgehead atoms. The van der Waals surface area contributed by atoms with Crippen molar-refractivity contribution in [3.63, 3.8) is 0 Å². The monoisotopic (exact) mass is 1020 g/mol. The molecule has 315 valence electrons. The van der Waals surface area contributed by atoms with Gasteiger partial charge < -0.3 is 14.4 Å². The molecule has 0 spiro atoms. The van der Waals surface area contributed by atoms with Crippen molar-refractivity contribution >= 4 is 35.2 Å². The van der Waals surface area contributed by atoms with Gasteiger partial charge in [0, 0.05) is 50.3 Å². The fourth-order valence-corrected chi connectivity index (χ4v) is 7.81. The maximum atomic E-state index is 13.1. The van der Waals surface area contributed by atoms with E-state index < -0.39 is 38.3 Å². The average Bonchev–Trinajstić information content (AvgIpc) is 3.65. The number of halogens is 3. The molecule has 0 aliphatic rings. The van der Waals surface area contributed by atoms with E-state index in [1.807, 2.05) is 66.9 Å². The van der Waals surface area contributed by atoms with Crippen molar-refractivity contribution in [2.45, 2.75) is 79.1 Å². The Bertz CT molecular complexity index is 3060. The number of nitrogens with zero attached hydrogens (tertiary/aromatic N) is 2. The van der Waals surface area contributed by atoms with Crippen LogP contribution in [-0.2, 0) is 31.9 Å². The third-order valence-electron chi connectivity index (χ3n) is 10.4. The molecule has 0 atom stereocenters. The van der Waals surface area contributed by atoms with Gasteiger partial charge in [-0.2, -0.15) is 13.2 Å². The number of alkyl halides is 3. The topological polar surface area (TPSA) is 38.9 Å². The molecule has 0 aliphatic carbocycles. The van der Waals surface area contributed by atoms with Gasteiger partial charge in [-0.3, -0.25) is 0 Å². The summed E-state index contributed by atoms with van der Waals surface area (Å²) in [5, 5.41) is 3.02. The normalized spacial score (nSPS) is 14.3. The van der Waals surface area contributed by atoms with Crippen molar-refractivity contribution in [2.75, 3.05) is 0 Å². The van der Waals surface area contributed by atoms with Crippen LogP contribution in [-0.4, -0.2) is 24.2 Å². The molecule has 0 aliphatic heterocycles. The Labute approximate surface area is 382 Å². The summed E-state index contributed by atoms with van der Waals surface area (Å²) in [6.07, 6.45) is -2.98. The van der Waals surface area contributed by atoms with E-state index in [1.54, 1.807) is 39.0 Å². The van der Waals surface area contributed by atoms with Gasteiger partial charge in [-0.25, -0.2) is 0 Å². The molecular weight excluding hydrogens is 958 g/mol. The van der Waals surface area contributed by atoms with Crippen LogP contribution in [0.5, 0.6) is 0 Å². The Morgan fingerprint density at radius 1 is 0.738 bits per heavy atom. The predicted octanol–water partition coefficient (Wildman–Crippen LogP) is 14.6. The van der Waals surface area contributed by atoms with Gasteiger partial charge in [0.15, 0.2) is 0 Å². The van der Waals surface area contributed by atoms with E-state index in [1.165, 1.54) is 49.5 Å². The first-order valence-corrected chi connectivity index (χ1v) is 23.2. The number of benzene rings is 5. The maximum absolute atomic E-state index is 13.1. The average molecular weight is 1020 g/mol.